The van der Waals surface area contributed by atoms with Crippen LogP contribution in [0.5, 0.6) is 5.75 Å². The first-order valence-electron chi connectivity index (χ1n) is 3.95. The number of imidazole rings is 1. The van der Waals surface area contributed by atoms with Crippen LogP contribution in [0.3, 0.4) is 0 Å². The third-order valence-electron chi connectivity index (χ3n) is 1.99. The molecule has 0 aliphatic rings. The van der Waals surface area contributed by atoms with Crippen LogP contribution in [0.15, 0.2) is 16.9 Å². The number of nitrogens with zero attached hydrogens (tertiary/aromatic N) is 1. The highest BCUT2D eigenvalue weighted by Gasteiger charge is 2.09. The van der Waals surface area contributed by atoms with Crippen molar-refractivity contribution in [1.29, 1.82) is 5.26 Å². The first-order chi connectivity index (χ1) is 6.76. The number of fused-ring (bicyclic) bond motifs is 1. The van der Waals surface area contributed by atoms with E-state index in [0.29, 0.717) is 22.3 Å². The zero-order valence-electron chi connectivity index (χ0n) is 7.42. The molecule has 0 radical (unpaired) electrons. The summed E-state index contributed by atoms with van der Waals surface area (Å²) >= 11 is 0. The van der Waals surface area contributed by atoms with Crippen LogP contribution in [0.4, 0.5) is 0 Å². The Kier molecular flexibility index (Phi) is 1.75. The number of aromatic nitrogens is 2. The van der Waals surface area contributed by atoms with Gasteiger partial charge >= 0.3 is 5.69 Å². The summed E-state index contributed by atoms with van der Waals surface area (Å²) in [6, 6.07) is 5.32. The maximum atomic E-state index is 11.0. The van der Waals surface area contributed by atoms with E-state index in [1.165, 1.54) is 7.11 Å². The van der Waals surface area contributed by atoms with Crippen LogP contribution in [0.1, 0.15) is 5.56 Å². The smallest absolute Gasteiger partial charge is 0.323 e. The third-order valence-corrected chi connectivity index (χ3v) is 1.99. The van der Waals surface area contributed by atoms with Crippen molar-refractivity contribution in [2.45, 2.75) is 0 Å². The van der Waals surface area contributed by atoms with Gasteiger partial charge in [0.1, 0.15) is 17.4 Å². The molecule has 0 aliphatic heterocycles. The fourth-order valence-electron chi connectivity index (χ4n) is 1.37. The summed E-state index contributed by atoms with van der Waals surface area (Å²) < 4.78 is 5.00. The lowest BCUT2D eigenvalue weighted by Gasteiger charge is -2.01. The monoisotopic (exact) mass is 189 g/mol. The normalized spacial score (nSPS) is 10.0. The van der Waals surface area contributed by atoms with E-state index in [-0.39, 0.29) is 5.69 Å². The number of hydrogen-bond donors (Lipinski definition) is 2. The van der Waals surface area contributed by atoms with Gasteiger partial charge in [0, 0.05) is 0 Å². The van der Waals surface area contributed by atoms with Crippen molar-refractivity contribution >= 4 is 11.0 Å². The molecule has 0 saturated carbocycles. The molecular formula is C9H7N3O2. The lowest BCUT2D eigenvalue weighted by atomic mass is 10.2. The molecule has 1 aromatic carbocycles. The number of H-pyrrole nitrogens is 2. The van der Waals surface area contributed by atoms with Crippen molar-refractivity contribution in [3.8, 4) is 11.8 Å². The fraction of sp³-hybridized carbons (Fsp3) is 0.111. The Balaban J connectivity index is 2.91. The highest BCUT2D eigenvalue weighted by atomic mass is 16.5. The van der Waals surface area contributed by atoms with Crippen LogP contribution in [-0.2, 0) is 0 Å². The number of nitrogens with one attached hydrogen (secondary N) is 2. The molecule has 5 nitrogen and oxygen atoms in total. The minimum Gasteiger partial charge on any atom is -0.495 e. The summed E-state index contributed by atoms with van der Waals surface area (Å²) in [7, 11) is 1.48. The Labute approximate surface area is 78.9 Å². The molecule has 0 spiro atoms. The summed E-state index contributed by atoms with van der Waals surface area (Å²) in [6.07, 6.45) is 0. The molecule has 0 bridgehead atoms. The number of benzene rings is 1. The molecule has 2 aromatic rings. The Hall–Kier alpha value is -2.22. The lowest BCUT2D eigenvalue weighted by molar-refractivity contribution is 0.414. The van der Waals surface area contributed by atoms with E-state index in [0.717, 1.165) is 0 Å². The molecule has 2 rings (SSSR count). The van der Waals surface area contributed by atoms with E-state index < -0.39 is 0 Å². The molecule has 1 aromatic heterocycles. The number of nitriles is 1. The summed E-state index contributed by atoms with van der Waals surface area (Å²) in [5, 5.41) is 8.89. The van der Waals surface area contributed by atoms with Gasteiger partial charge < -0.3 is 14.7 Å². The predicted molar refractivity (Wildman–Crippen MR) is 50.2 cm³/mol. The van der Waals surface area contributed by atoms with E-state index >= 15 is 0 Å². The van der Waals surface area contributed by atoms with Crippen molar-refractivity contribution < 1.29 is 4.74 Å². The first-order valence-corrected chi connectivity index (χ1v) is 3.95. The average Bonchev–Trinajstić information content (AvgIpc) is 2.56. The van der Waals surface area contributed by atoms with Gasteiger partial charge in [0.05, 0.1) is 18.1 Å². The summed E-state index contributed by atoms with van der Waals surface area (Å²) in [5.41, 5.74) is 1.09. The summed E-state index contributed by atoms with van der Waals surface area (Å²) in [4.78, 5) is 16.1. The molecule has 14 heavy (non-hydrogen) atoms. The van der Waals surface area contributed by atoms with Crippen molar-refractivity contribution in [3.05, 3.63) is 28.2 Å². The molecular weight excluding hydrogens is 182 g/mol. The Morgan fingerprint density at radius 1 is 1.43 bits per heavy atom. The van der Waals surface area contributed by atoms with Gasteiger partial charge in [0.15, 0.2) is 0 Å². The lowest BCUT2D eigenvalue weighted by Crippen LogP contribution is -1.99. The minimum atomic E-state index is -0.329. The zero-order chi connectivity index (χ0) is 10.1. The quantitative estimate of drug-likeness (QED) is 0.694. The second kappa shape index (κ2) is 2.92. The van der Waals surface area contributed by atoms with Gasteiger partial charge in [-0.1, -0.05) is 0 Å². The van der Waals surface area contributed by atoms with Crippen LogP contribution in [-0.4, -0.2) is 17.1 Å². The van der Waals surface area contributed by atoms with Crippen LogP contribution < -0.4 is 10.4 Å². The highest BCUT2D eigenvalue weighted by Crippen LogP contribution is 2.23. The molecule has 1 heterocycles. The summed E-state index contributed by atoms with van der Waals surface area (Å²) in [6.45, 7) is 0. The number of ether oxygens (including phenoxy) is 1. The molecule has 0 saturated heterocycles. The second-order valence-electron chi connectivity index (χ2n) is 2.76. The largest absolute Gasteiger partial charge is 0.495 e. The predicted octanol–water partition coefficient (Wildman–Crippen LogP) is 0.736. The SMILES string of the molecule is COc1ccc2[nH]c(=O)[nH]c2c1C#N. The van der Waals surface area contributed by atoms with Gasteiger partial charge in [-0.25, -0.2) is 4.79 Å². The first kappa shape index (κ1) is 8.38. The van der Waals surface area contributed by atoms with Gasteiger partial charge in [-0.15, -0.1) is 0 Å². The highest BCUT2D eigenvalue weighted by molar-refractivity contribution is 5.83. The molecule has 2 N–H and O–H groups in total. The van der Waals surface area contributed by atoms with E-state index in [1.54, 1.807) is 12.1 Å². The number of aromatic amines is 2. The second-order valence-corrected chi connectivity index (χ2v) is 2.76. The van der Waals surface area contributed by atoms with E-state index in [2.05, 4.69) is 9.97 Å². The number of methoxy groups -OCH3 is 1. The van der Waals surface area contributed by atoms with Crippen molar-refractivity contribution in [2.24, 2.45) is 0 Å². The molecule has 5 heteroatoms. The maximum Gasteiger partial charge on any atom is 0.323 e. The van der Waals surface area contributed by atoms with E-state index in [9.17, 15) is 4.79 Å². The number of rotatable bonds is 1. The fourth-order valence-corrected chi connectivity index (χ4v) is 1.37. The van der Waals surface area contributed by atoms with E-state index in [1.807, 2.05) is 6.07 Å². The Bertz CT molecular complexity index is 574. The molecule has 0 unspecified atom stereocenters. The van der Waals surface area contributed by atoms with Gasteiger partial charge in [0.2, 0.25) is 0 Å². The molecule has 0 fully saturated rings. The molecule has 0 atom stereocenters. The van der Waals surface area contributed by atoms with Gasteiger partial charge in [-0.2, -0.15) is 5.26 Å². The van der Waals surface area contributed by atoms with E-state index in [4.69, 9.17) is 10.00 Å². The molecule has 0 amide bonds. The van der Waals surface area contributed by atoms with Gasteiger partial charge in [0.25, 0.3) is 0 Å². The minimum absolute atomic E-state index is 0.329. The summed E-state index contributed by atoms with van der Waals surface area (Å²) in [5.74, 6) is 0.454. The zero-order valence-corrected chi connectivity index (χ0v) is 7.42. The van der Waals surface area contributed by atoms with Crippen LogP contribution >= 0.6 is 0 Å². The average molecular weight is 189 g/mol. The maximum absolute atomic E-state index is 11.0. The van der Waals surface area contributed by atoms with Gasteiger partial charge in [-0.3, -0.25) is 0 Å². The van der Waals surface area contributed by atoms with Gasteiger partial charge in [-0.05, 0) is 12.1 Å². The van der Waals surface area contributed by atoms with Crippen molar-refractivity contribution in [3.63, 3.8) is 0 Å². The van der Waals surface area contributed by atoms with Crippen molar-refractivity contribution in [1.82, 2.24) is 9.97 Å². The van der Waals surface area contributed by atoms with Crippen LogP contribution in [0, 0.1) is 11.3 Å². The number of hydrogen-bond acceptors (Lipinski definition) is 3. The topological polar surface area (TPSA) is 81.7 Å². The third kappa shape index (κ3) is 1.05. The molecule has 70 valence electrons. The molecule has 0 aliphatic carbocycles. The Morgan fingerprint density at radius 3 is 2.86 bits per heavy atom. The Morgan fingerprint density at radius 2 is 2.21 bits per heavy atom. The van der Waals surface area contributed by atoms with Crippen LogP contribution in [0.25, 0.3) is 11.0 Å². The van der Waals surface area contributed by atoms with Crippen molar-refractivity contribution in [2.75, 3.05) is 7.11 Å². The standard InChI is InChI=1S/C9H7N3O2/c1-14-7-3-2-6-8(5(7)4-10)12-9(13)11-6/h2-3H,1H3,(H2,11,12,13). The van der Waals surface area contributed by atoms with Crippen LogP contribution in [0.2, 0.25) is 0 Å².